The fourth-order valence-electron chi connectivity index (χ4n) is 2.79. The van der Waals surface area contributed by atoms with Gasteiger partial charge in [0.15, 0.2) is 0 Å². The van der Waals surface area contributed by atoms with E-state index in [4.69, 9.17) is 4.74 Å². The van der Waals surface area contributed by atoms with Crippen molar-refractivity contribution in [2.45, 2.75) is 57.6 Å². The topological polar surface area (TPSA) is 68.6 Å². The Morgan fingerprint density at radius 3 is 2.29 bits per heavy atom. The first kappa shape index (κ1) is 22.5. The fraction of sp³-hybridized carbons (Fsp3) is 0.450. The van der Waals surface area contributed by atoms with Crippen molar-refractivity contribution in [2.75, 3.05) is 7.05 Å². The Balaban J connectivity index is 2.44. The molecule has 1 amide bonds. The highest BCUT2D eigenvalue weighted by atomic mass is 79.9. The third-order valence-electron chi connectivity index (χ3n) is 4.02. The Morgan fingerprint density at radius 1 is 1.21 bits per heavy atom. The van der Waals surface area contributed by atoms with Gasteiger partial charge in [-0.15, -0.1) is 0 Å². The highest BCUT2D eigenvalue weighted by Gasteiger charge is 2.27. The smallest absolute Gasteiger partial charge is 0.410 e. The van der Waals surface area contributed by atoms with Crippen molar-refractivity contribution in [3.63, 3.8) is 0 Å². The number of carbonyl (C=O) groups is 1. The molecule has 28 heavy (non-hydrogen) atoms. The molecule has 8 heteroatoms. The van der Waals surface area contributed by atoms with Crippen LogP contribution in [0.2, 0.25) is 0 Å². The molecule has 0 N–H and O–H groups in total. The van der Waals surface area contributed by atoms with Crippen molar-refractivity contribution < 1.29 is 17.9 Å². The van der Waals surface area contributed by atoms with Crippen molar-refractivity contribution in [2.24, 2.45) is 0 Å². The number of ether oxygens (including phenoxy) is 1. The second kappa shape index (κ2) is 8.29. The summed E-state index contributed by atoms with van der Waals surface area (Å²) in [5.74, 6) is 0.0589. The lowest BCUT2D eigenvalue weighted by atomic mass is 10.0. The van der Waals surface area contributed by atoms with Gasteiger partial charge in [0.25, 0.3) is 10.0 Å². The van der Waals surface area contributed by atoms with Crippen LogP contribution in [0, 0.1) is 0 Å². The molecule has 6 nitrogen and oxygen atoms in total. The summed E-state index contributed by atoms with van der Waals surface area (Å²) in [5, 5.41) is 0. The van der Waals surface area contributed by atoms with Gasteiger partial charge in [0.1, 0.15) is 10.2 Å². The van der Waals surface area contributed by atoms with E-state index in [-0.39, 0.29) is 17.4 Å². The zero-order chi connectivity index (χ0) is 21.3. The van der Waals surface area contributed by atoms with E-state index in [9.17, 15) is 13.2 Å². The molecule has 0 atom stereocenters. The summed E-state index contributed by atoms with van der Waals surface area (Å²) in [6, 6.07) is 8.26. The van der Waals surface area contributed by atoms with Gasteiger partial charge in [-0.25, -0.2) is 17.2 Å². The number of aromatic nitrogens is 1. The minimum Gasteiger partial charge on any atom is -0.444 e. The predicted octanol–water partition coefficient (Wildman–Crippen LogP) is 4.98. The van der Waals surface area contributed by atoms with Gasteiger partial charge in [0, 0.05) is 13.2 Å². The molecule has 0 aliphatic rings. The summed E-state index contributed by atoms with van der Waals surface area (Å²) in [4.78, 5) is 14.0. The van der Waals surface area contributed by atoms with Gasteiger partial charge in [-0.1, -0.05) is 32.0 Å². The molecule has 0 radical (unpaired) electrons. The lowest BCUT2D eigenvalue weighted by Gasteiger charge is -2.25. The summed E-state index contributed by atoms with van der Waals surface area (Å²) in [5.41, 5.74) is 0.986. The number of benzene rings is 1. The van der Waals surface area contributed by atoms with Gasteiger partial charge < -0.3 is 9.64 Å². The first-order valence-corrected chi connectivity index (χ1v) is 11.2. The van der Waals surface area contributed by atoms with Crippen molar-refractivity contribution in [3.05, 3.63) is 52.3 Å². The number of carbonyl (C=O) groups excluding carboxylic acids is 1. The molecule has 0 saturated carbocycles. The second-order valence-corrected chi connectivity index (χ2v) is 10.5. The number of hydrogen-bond acceptors (Lipinski definition) is 4. The van der Waals surface area contributed by atoms with Crippen molar-refractivity contribution in [1.82, 2.24) is 8.87 Å². The van der Waals surface area contributed by atoms with Crippen LogP contribution in [0.1, 0.15) is 51.7 Å². The lowest BCUT2D eigenvalue weighted by Crippen LogP contribution is -2.34. The molecular weight excluding hydrogens is 444 g/mol. The quantitative estimate of drug-likeness (QED) is 0.617. The van der Waals surface area contributed by atoms with Gasteiger partial charge in [-0.2, -0.15) is 0 Å². The van der Waals surface area contributed by atoms with Crippen LogP contribution in [0.3, 0.4) is 0 Å². The average Bonchev–Trinajstić information content (AvgIpc) is 2.91. The minimum atomic E-state index is -3.75. The Bertz CT molecular complexity index is 945. The molecule has 0 aliphatic heterocycles. The largest absolute Gasteiger partial charge is 0.444 e. The number of nitrogens with zero attached hydrogens (tertiary/aromatic N) is 2. The Kier molecular flexibility index (Phi) is 6.66. The standard InChI is InChI=1S/C20H27BrN2O4S/c1-14(2)17-15(12-22(6)19(24)27-20(3,4)5)13-23(18(17)21)28(25,26)16-10-8-7-9-11-16/h7-11,13-14H,12H2,1-6H3. The Morgan fingerprint density at radius 2 is 1.79 bits per heavy atom. The molecule has 1 aromatic carbocycles. The fourth-order valence-corrected chi connectivity index (χ4v) is 5.49. The predicted molar refractivity (Wildman–Crippen MR) is 113 cm³/mol. The van der Waals surface area contributed by atoms with Gasteiger partial charge in [0.05, 0.1) is 11.4 Å². The molecule has 2 aromatic rings. The third kappa shape index (κ3) is 4.97. The van der Waals surface area contributed by atoms with Gasteiger partial charge >= 0.3 is 6.09 Å². The summed E-state index contributed by atoms with van der Waals surface area (Å²) in [6.07, 6.45) is 1.11. The Hall–Kier alpha value is -1.80. The molecule has 0 fully saturated rings. The van der Waals surface area contributed by atoms with E-state index in [0.29, 0.717) is 4.60 Å². The molecule has 0 unspecified atom stereocenters. The van der Waals surface area contributed by atoms with E-state index in [1.54, 1.807) is 64.3 Å². The average molecular weight is 471 g/mol. The van der Waals surface area contributed by atoms with Crippen LogP contribution in [0.25, 0.3) is 0 Å². The molecule has 154 valence electrons. The van der Waals surface area contributed by atoms with Crippen LogP contribution >= 0.6 is 15.9 Å². The summed E-state index contributed by atoms with van der Waals surface area (Å²) < 4.78 is 33.3. The maximum absolute atomic E-state index is 13.1. The molecular formula is C20H27BrN2O4S. The molecule has 1 aromatic heterocycles. The number of hydrogen-bond donors (Lipinski definition) is 0. The SMILES string of the molecule is CC(C)c1c(CN(C)C(=O)OC(C)(C)C)cn(S(=O)(=O)c2ccccc2)c1Br. The maximum atomic E-state index is 13.1. The summed E-state index contributed by atoms with van der Waals surface area (Å²) in [6.45, 7) is 9.61. The third-order valence-corrected chi connectivity index (χ3v) is 6.74. The monoisotopic (exact) mass is 470 g/mol. The van der Waals surface area contributed by atoms with E-state index in [0.717, 1.165) is 11.1 Å². The van der Waals surface area contributed by atoms with E-state index >= 15 is 0 Å². The first-order valence-electron chi connectivity index (χ1n) is 8.99. The zero-order valence-electron chi connectivity index (χ0n) is 17.1. The van der Waals surface area contributed by atoms with E-state index in [1.807, 2.05) is 13.8 Å². The molecule has 0 spiro atoms. The lowest BCUT2D eigenvalue weighted by molar-refractivity contribution is 0.0284. The number of amides is 1. The second-order valence-electron chi connectivity index (χ2n) is 7.96. The molecule has 0 bridgehead atoms. The van der Waals surface area contributed by atoms with Crippen LogP contribution < -0.4 is 0 Å². The maximum Gasteiger partial charge on any atom is 0.410 e. The van der Waals surface area contributed by atoms with Crippen LogP contribution in [0.5, 0.6) is 0 Å². The molecule has 0 saturated heterocycles. The summed E-state index contributed by atoms with van der Waals surface area (Å²) in [7, 11) is -2.12. The van der Waals surface area contributed by atoms with Crippen molar-refractivity contribution in [1.29, 1.82) is 0 Å². The van der Waals surface area contributed by atoms with Gasteiger partial charge in [-0.3, -0.25) is 0 Å². The minimum absolute atomic E-state index is 0.0589. The molecule has 0 aliphatic carbocycles. The van der Waals surface area contributed by atoms with Crippen molar-refractivity contribution in [3.8, 4) is 0 Å². The summed E-state index contributed by atoms with van der Waals surface area (Å²) >= 11 is 3.46. The normalized spacial score (nSPS) is 12.3. The van der Waals surface area contributed by atoms with Crippen molar-refractivity contribution >= 4 is 32.0 Å². The van der Waals surface area contributed by atoms with Crippen LogP contribution in [0.15, 0.2) is 46.0 Å². The number of halogens is 1. The van der Waals surface area contributed by atoms with E-state index in [1.165, 1.54) is 8.87 Å². The van der Waals surface area contributed by atoms with Crippen LogP contribution in [-0.2, 0) is 21.3 Å². The van der Waals surface area contributed by atoms with Crippen LogP contribution in [-0.4, -0.2) is 36.0 Å². The van der Waals surface area contributed by atoms with Gasteiger partial charge in [-0.05, 0) is 65.9 Å². The highest BCUT2D eigenvalue weighted by molar-refractivity contribution is 9.10. The van der Waals surface area contributed by atoms with E-state index < -0.39 is 21.7 Å². The zero-order valence-corrected chi connectivity index (χ0v) is 19.5. The van der Waals surface area contributed by atoms with Crippen LogP contribution in [0.4, 0.5) is 4.79 Å². The number of rotatable bonds is 5. The van der Waals surface area contributed by atoms with E-state index in [2.05, 4.69) is 15.9 Å². The molecule has 2 rings (SSSR count). The highest BCUT2D eigenvalue weighted by Crippen LogP contribution is 2.33. The Labute approximate surface area is 175 Å². The molecule has 1 heterocycles. The van der Waals surface area contributed by atoms with Gasteiger partial charge in [0.2, 0.25) is 0 Å². The first-order chi connectivity index (χ1) is 12.8.